The van der Waals surface area contributed by atoms with E-state index in [-0.39, 0.29) is 5.69 Å². The molecule has 1 aromatic carbocycles. The summed E-state index contributed by atoms with van der Waals surface area (Å²) in [5, 5.41) is 12.0. The molecule has 0 aliphatic rings. The van der Waals surface area contributed by atoms with Crippen LogP contribution >= 0.6 is 0 Å². The fourth-order valence-electron chi connectivity index (χ4n) is 2.73. The van der Waals surface area contributed by atoms with E-state index in [4.69, 9.17) is 9.47 Å². The van der Waals surface area contributed by atoms with Crippen molar-refractivity contribution < 1.29 is 14.4 Å². The molecule has 0 radical (unpaired) electrons. The highest BCUT2D eigenvalue weighted by atomic mass is 16.6. The minimum atomic E-state index is -0.439. The normalized spacial score (nSPS) is 10.8. The number of ether oxygens (including phenoxy) is 2. The highest BCUT2D eigenvalue weighted by Crippen LogP contribution is 2.41. The Hall–Kier alpha value is -2.37. The van der Waals surface area contributed by atoms with Crippen LogP contribution in [0.5, 0.6) is 11.5 Å². The quantitative estimate of drug-likeness (QED) is 0.374. The second kappa shape index (κ2) is 8.47. The molecule has 0 spiro atoms. The molecule has 0 atom stereocenters. The van der Waals surface area contributed by atoms with Gasteiger partial charge in [-0.15, -0.1) is 0 Å². The Morgan fingerprint density at radius 1 is 1.25 bits per heavy atom. The van der Waals surface area contributed by atoms with E-state index in [2.05, 4.69) is 11.9 Å². The molecule has 0 amide bonds. The van der Waals surface area contributed by atoms with Gasteiger partial charge in [-0.1, -0.05) is 32.6 Å². The van der Waals surface area contributed by atoms with Crippen LogP contribution in [-0.2, 0) is 0 Å². The van der Waals surface area contributed by atoms with Crippen LogP contribution in [0.3, 0.4) is 0 Å². The number of hydrogen-bond donors (Lipinski definition) is 0. The number of aryl methyl sites for hydroxylation is 1. The van der Waals surface area contributed by atoms with Crippen molar-refractivity contribution in [2.45, 2.75) is 46.0 Å². The topological polar surface area (TPSA) is 74.5 Å². The molecule has 0 aliphatic carbocycles. The van der Waals surface area contributed by atoms with Crippen molar-refractivity contribution in [2.24, 2.45) is 0 Å². The number of nitro benzene ring substituents is 1. The van der Waals surface area contributed by atoms with Crippen LogP contribution in [-0.4, -0.2) is 23.6 Å². The summed E-state index contributed by atoms with van der Waals surface area (Å²) in [6.45, 7) is 4.63. The molecule has 1 heterocycles. The molecule has 0 saturated carbocycles. The van der Waals surface area contributed by atoms with Crippen molar-refractivity contribution in [1.82, 2.24) is 4.98 Å². The van der Waals surface area contributed by atoms with Gasteiger partial charge in [0, 0.05) is 6.20 Å². The molecule has 1 aromatic heterocycles. The standard InChI is InChI=1S/C18H24N2O4/c1-4-5-6-7-8-11-24-18-15(23-3)12-14(20(21)22)17-16(18)13(2)9-10-19-17/h9-10,12H,4-8,11H2,1-3H3. The van der Waals surface area contributed by atoms with Crippen LogP contribution in [0.2, 0.25) is 0 Å². The van der Waals surface area contributed by atoms with Gasteiger partial charge >= 0.3 is 0 Å². The molecule has 0 N–H and O–H groups in total. The largest absolute Gasteiger partial charge is 0.493 e. The van der Waals surface area contributed by atoms with Gasteiger partial charge in [0.1, 0.15) is 0 Å². The van der Waals surface area contributed by atoms with Gasteiger partial charge in [-0.2, -0.15) is 0 Å². The number of nitrogens with zero attached hydrogens (tertiary/aromatic N) is 2. The number of methoxy groups -OCH3 is 1. The lowest BCUT2D eigenvalue weighted by Gasteiger charge is -2.15. The van der Waals surface area contributed by atoms with Crippen LogP contribution < -0.4 is 9.47 Å². The number of benzene rings is 1. The number of hydrogen-bond acceptors (Lipinski definition) is 5. The summed E-state index contributed by atoms with van der Waals surface area (Å²) in [5.41, 5.74) is 1.14. The fourth-order valence-corrected chi connectivity index (χ4v) is 2.73. The number of rotatable bonds is 9. The van der Waals surface area contributed by atoms with Crippen LogP contribution in [0.15, 0.2) is 18.3 Å². The first kappa shape index (κ1) is 18.0. The van der Waals surface area contributed by atoms with Gasteiger partial charge < -0.3 is 9.47 Å². The van der Waals surface area contributed by atoms with Crippen molar-refractivity contribution in [2.75, 3.05) is 13.7 Å². The summed E-state index contributed by atoms with van der Waals surface area (Å²) in [6.07, 6.45) is 7.25. The van der Waals surface area contributed by atoms with E-state index >= 15 is 0 Å². The molecule has 0 saturated heterocycles. The smallest absolute Gasteiger partial charge is 0.299 e. The van der Waals surface area contributed by atoms with Gasteiger partial charge in [-0.3, -0.25) is 10.1 Å². The van der Waals surface area contributed by atoms with Gasteiger partial charge in [-0.25, -0.2) is 4.98 Å². The van der Waals surface area contributed by atoms with Crippen LogP contribution in [0.1, 0.15) is 44.6 Å². The third-order valence-corrected chi connectivity index (χ3v) is 4.03. The van der Waals surface area contributed by atoms with E-state index in [0.29, 0.717) is 29.0 Å². The summed E-state index contributed by atoms with van der Waals surface area (Å²) >= 11 is 0. The molecular weight excluding hydrogens is 308 g/mol. The van der Waals surface area contributed by atoms with E-state index in [1.165, 1.54) is 32.4 Å². The Kier molecular flexibility index (Phi) is 6.35. The second-order valence-electron chi connectivity index (χ2n) is 5.80. The van der Waals surface area contributed by atoms with E-state index in [0.717, 1.165) is 18.4 Å². The van der Waals surface area contributed by atoms with Crippen molar-refractivity contribution in [3.05, 3.63) is 34.0 Å². The highest BCUT2D eigenvalue weighted by molar-refractivity contribution is 5.96. The van der Waals surface area contributed by atoms with Crippen molar-refractivity contribution >= 4 is 16.6 Å². The third kappa shape index (κ3) is 3.93. The first-order valence-corrected chi connectivity index (χ1v) is 8.33. The molecule has 2 aromatic rings. The number of nitro groups is 1. The minimum Gasteiger partial charge on any atom is -0.493 e. The maximum absolute atomic E-state index is 11.3. The molecular formula is C18H24N2O4. The second-order valence-corrected chi connectivity index (χ2v) is 5.80. The van der Waals surface area contributed by atoms with Crippen molar-refractivity contribution in [3.8, 4) is 11.5 Å². The van der Waals surface area contributed by atoms with Crippen molar-refractivity contribution in [1.29, 1.82) is 0 Å². The maximum atomic E-state index is 11.3. The zero-order chi connectivity index (χ0) is 17.5. The molecule has 0 bridgehead atoms. The molecule has 130 valence electrons. The number of aromatic nitrogens is 1. The third-order valence-electron chi connectivity index (χ3n) is 4.03. The van der Waals surface area contributed by atoms with Crippen LogP contribution in [0, 0.1) is 17.0 Å². The van der Waals surface area contributed by atoms with E-state index in [1.54, 1.807) is 6.20 Å². The summed E-state index contributed by atoms with van der Waals surface area (Å²) in [5.74, 6) is 0.915. The van der Waals surface area contributed by atoms with Crippen LogP contribution in [0.25, 0.3) is 10.9 Å². The van der Waals surface area contributed by atoms with Gasteiger partial charge in [0.25, 0.3) is 5.69 Å². The molecule has 2 rings (SSSR count). The number of pyridine rings is 1. The maximum Gasteiger partial charge on any atom is 0.299 e. The fraction of sp³-hybridized carbons (Fsp3) is 0.500. The van der Waals surface area contributed by atoms with Gasteiger partial charge in [0.15, 0.2) is 17.0 Å². The van der Waals surface area contributed by atoms with E-state index in [1.807, 2.05) is 13.0 Å². The monoisotopic (exact) mass is 332 g/mol. The Labute approximate surface area is 141 Å². The Morgan fingerprint density at radius 3 is 2.67 bits per heavy atom. The molecule has 0 aliphatic heterocycles. The van der Waals surface area contributed by atoms with E-state index in [9.17, 15) is 10.1 Å². The summed E-state index contributed by atoms with van der Waals surface area (Å²) in [7, 11) is 1.49. The first-order chi connectivity index (χ1) is 11.6. The van der Waals surface area contributed by atoms with Crippen LogP contribution in [0.4, 0.5) is 5.69 Å². The Morgan fingerprint density at radius 2 is 2.00 bits per heavy atom. The molecule has 6 heteroatoms. The number of non-ortho nitro benzene ring substituents is 1. The zero-order valence-electron chi connectivity index (χ0n) is 14.5. The highest BCUT2D eigenvalue weighted by Gasteiger charge is 2.23. The predicted octanol–water partition coefficient (Wildman–Crippen LogP) is 4.81. The summed E-state index contributed by atoms with van der Waals surface area (Å²) in [6, 6.07) is 3.21. The average Bonchev–Trinajstić information content (AvgIpc) is 2.57. The Bertz CT molecular complexity index is 716. The molecule has 0 fully saturated rings. The lowest BCUT2D eigenvalue weighted by atomic mass is 10.1. The molecule has 6 nitrogen and oxygen atoms in total. The summed E-state index contributed by atoms with van der Waals surface area (Å²) < 4.78 is 11.3. The van der Waals surface area contributed by atoms with Gasteiger partial charge in [-0.05, 0) is 25.0 Å². The SMILES string of the molecule is CCCCCCCOc1c(OC)cc([N+](=O)[O-])c2nccc(C)c12. The van der Waals surface area contributed by atoms with Gasteiger partial charge in [0.2, 0.25) is 0 Å². The first-order valence-electron chi connectivity index (χ1n) is 8.33. The summed E-state index contributed by atoms with van der Waals surface area (Å²) in [4.78, 5) is 15.1. The predicted molar refractivity (Wildman–Crippen MR) is 93.9 cm³/mol. The average molecular weight is 332 g/mol. The lowest BCUT2D eigenvalue weighted by Crippen LogP contribution is -2.03. The molecule has 0 unspecified atom stereocenters. The Balaban J connectivity index is 2.34. The number of unbranched alkanes of at least 4 members (excludes halogenated alkanes) is 4. The molecule has 24 heavy (non-hydrogen) atoms. The van der Waals surface area contributed by atoms with E-state index < -0.39 is 4.92 Å². The minimum absolute atomic E-state index is 0.0687. The number of fused-ring (bicyclic) bond motifs is 1. The van der Waals surface area contributed by atoms with Crippen molar-refractivity contribution in [3.63, 3.8) is 0 Å². The van der Waals surface area contributed by atoms with Gasteiger partial charge in [0.05, 0.1) is 30.1 Å². The lowest BCUT2D eigenvalue weighted by molar-refractivity contribution is -0.383. The zero-order valence-corrected chi connectivity index (χ0v) is 14.5.